The second-order valence-corrected chi connectivity index (χ2v) is 5.61. The minimum atomic E-state index is 0.00495. The maximum atomic E-state index is 11.6. The van der Waals surface area contributed by atoms with E-state index in [2.05, 4.69) is 34.5 Å². The average molecular weight is 283 g/mol. The highest BCUT2D eigenvalue weighted by Gasteiger charge is 2.28. The molecule has 1 amide bonds. The molecule has 1 atom stereocenters. The van der Waals surface area contributed by atoms with Gasteiger partial charge in [-0.15, -0.1) is 0 Å². The van der Waals surface area contributed by atoms with Crippen molar-refractivity contribution < 1.29 is 4.79 Å². The summed E-state index contributed by atoms with van der Waals surface area (Å²) in [5, 5.41) is 6.47. The molecule has 1 aliphatic carbocycles. The van der Waals surface area contributed by atoms with Crippen LogP contribution >= 0.6 is 0 Å². The molecular weight excluding hydrogens is 254 g/mol. The zero-order valence-corrected chi connectivity index (χ0v) is 13.4. The first-order valence-corrected chi connectivity index (χ1v) is 7.40. The average Bonchev–Trinajstić information content (AvgIpc) is 3.24. The van der Waals surface area contributed by atoms with Crippen molar-refractivity contribution in [3.63, 3.8) is 0 Å². The number of likely N-dealkylation sites (N-methyl/N-ethyl adjacent to an activating group) is 2. The molecule has 2 N–H and O–H groups in total. The van der Waals surface area contributed by atoms with Gasteiger partial charge in [0.2, 0.25) is 5.91 Å². The van der Waals surface area contributed by atoms with Crippen LogP contribution in [0.25, 0.3) is 0 Å². The monoisotopic (exact) mass is 283 g/mol. The number of hydrogen-bond donors (Lipinski definition) is 2. The normalized spacial score (nSPS) is 17.0. The summed E-state index contributed by atoms with van der Waals surface area (Å²) >= 11 is 0. The predicted molar refractivity (Wildman–Crippen MR) is 82.9 cm³/mol. The Kier molecular flexibility index (Phi) is 6.78. The minimum absolute atomic E-state index is 0.00495. The van der Waals surface area contributed by atoms with Gasteiger partial charge in [-0.05, 0) is 33.7 Å². The molecule has 20 heavy (non-hydrogen) atoms. The van der Waals surface area contributed by atoms with Crippen molar-refractivity contribution in [3.8, 4) is 0 Å². The number of nitrogens with one attached hydrogen (secondary N) is 2. The van der Waals surface area contributed by atoms with Crippen molar-refractivity contribution in [3.05, 3.63) is 0 Å². The highest BCUT2D eigenvalue weighted by Crippen LogP contribution is 2.26. The van der Waals surface area contributed by atoms with Crippen LogP contribution in [0.4, 0.5) is 0 Å². The van der Waals surface area contributed by atoms with Crippen LogP contribution in [0.15, 0.2) is 4.99 Å². The first-order valence-electron chi connectivity index (χ1n) is 7.40. The first kappa shape index (κ1) is 16.8. The molecule has 1 unspecified atom stereocenters. The molecule has 0 spiro atoms. The summed E-state index contributed by atoms with van der Waals surface area (Å²) in [4.78, 5) is 19.8. The van der Waals surface area contributed by atoms with Crippen LogP contribution in [0, 0.1) is 0 Å². The van der Waals surface area contributed by atoms with Gasteiger partial charge < -0.3 is 15.5 Å². The third-order valence-corrected chi connectivity index (χ3v) is 3.60. The summed E-state index contributed by atoms with van der Waals surface area (Å²) in [5.74, 6) is 0.712. The fourth-order valence-corrected chi connectivity index (χ4v) is 1.86. The molecule has 116 valence electrons. The first-order chi connectivity index (χ1) is 9.45. The van der Waals surface area contributed by atoms with E-state index in [1.54, 1.807) is 19.0 Å². The highest BCUT2D eigenvalue weighted by atomic mass is 16.2. The van der Waals surface area contributed by atoms with E-state index in [0.29, 0.717) is 12.0 Å². The molecule has 1 fully saturated rings. The number of nitrogens with zero attached hydrogens (tertiary/aromatic N) is 3. The second kappa shape index (κ2) is 8.09. The molecular formula is C14H29N5O. The molecule has 6 heteroatoms. The molecule has 0 heterocycles. The molecule has 0 aromatic carbocycles. The molecule has 1 aliphatic rings. The number of amides is 1. The largest absolute Gasteiger partial charge is 0.357 e. The van der Waals surface area contributed by atoms with Crippen molar-refractivity contribution in [1.82, 2.24) is 20.4 Å². The van der Waals surface area contributed by atoms with Gasteiger partial charge in [-0.25, -0.2) is 4.99 Å². The molecule has 1 saturated carbocycles. The van der Waals surface area contributed by atoms with Gasteiger partial charge in [0.1, 0.15) is 6.54 Å². The lowest BCUT2D eigenvalue weighted by atomic mass is 10.3. The van der Waals surface area contributed by atoms with Gasteiger partial charge in [0.05, 0.1) is 0 Å². The van der Waals surface area contributed by atoms with E-state index >= 15 is 0 Å². The summed E-state index contributed by atoms with van der Waals surface area (Å²) < 4.78 is 0. The molecule has 6 nitrogen and oxygen atoms in total. The van der Waals surface area contributed by atoms with E-state index in [1.807, 2.05) is 6.92 Å². The van der Waals surface area contributed by atoms with Gasteiger partial charge in [-0.1, -0.05) is 0 Å². The number of guanidine groups is 1. The van der Waals surface area contributed by atoms with Gasteiger partial charge in [-0.3, -0.25) is 9.69 Å². The lowest BCUT2D eigenvalue weighted by molar-refractivity contribution is -0.127. The number of rotatable bonds is 7. The van der Waals surface area contributed by atoms with Crippen LogP contribution in [-0.4, -0.2) is 74.5 Å². The van der Waals surface area contributed by atoms with E-state index in [-0.39, 0.29) is 12.5 Å². The Morgan fingerprint density at radius 1 is 1.30 bits per heavy atom. The Morgan fingerprint density at radius 3 is 2.45 bits per heavy atom. The van der Waals surface area contributed by atoms with Crippen LogP contribution in [-0.2, 0) is 4.79 Å². The predicted octanol–water partition coefficient (Wildman–Crippen LogP) is 0.112. The van der Waals surface area contributed by atoms with E-state index in [4.69, 9.17) is 0 Å². The molecule has 0 radical (unpaired) electrons. The summed E-state index contributed by atoms with van der Waals surface area (Å²) in [6.45, 7) is 6.02. The van der Waals surface area contributed by atoms with Crippen LogP contribution in [0.2, 0.25) is 0 Å². The second-order valence-electron chi connectivity index (χ2n) is 5.61. The maximum Gasteiger partial charge on any atom is 0.243 e. The number of aliphatic imine (C=N–C) groups is 1. The maximum absolute atomic E-state index is 11.6. The van der Waals surface area contributed by atoms with E-state index < -0.39 is 0 Å². The van der Waals surface area contributed by atoms with E-state index in [9.17, 15) is 4.79 Å². The Morgan fingerprint density at radius 2 is 1.95 bits per heavy atom. The Hall–Kier alpha value is -1.30. The molecule has 0 aliphatic heterocycles. The fraction of sp³-hybridized carbons (Fsp3) is 0.857. The topological polar surface area (TPSA) is 60.0 Å². The van der Waals surface area contributed by atoms with Gasteiger partial charge in [0.25, 0.3) is 0 Å². The molecule has 0 aromatic heterocycles. The number of hydrogen-bond acceptors (Lipinski definition) is 3. The Bertz CT molecular complexity index is 338. The zero-order chi connectivity index (χ0) is 15.1. The van der Waals surface area contributed by atoms with Crippen LogP contribution in [0.3, 0.4) is 0 Å². The minimum Gasteiger partial charge on any atom is -0.357 e. The molecule has 1 rings (SSSR count). The highest BCUT2D eigenvalue weighted by molar-refractivity contribution is 5.84. The Balaban J connectivity index is 2.40. The summed E-state index contributed by atoms with van der Waals surface area (Å²) in [5.41, 5.74) is 0. The fourth-order valence-electron chi connectivity index (χ4n) is 1.86. The summed E-state index contributed by atoms with van der Waals surface area (Å²) in [7, 11) is 5.65. The number of carbonyl (C=O) groups is 1. The van der Waals surface area contributed by atoms with Crippen molar-refractivity contribution in [2.75, 3.05) is 40.8 Å². The smallest absolute Gasteiger partial charge is 0.243 e. The van der Waals surface area contributed by atoms with Crippen molar-refractivity contribution >= 4 is 11.9 Å². The lowest BCUT2D eigenvalue weighted by Gasteiger charge is -2.25. The SMILES string of the molecule is CCNC(=NCC(=O)N(C)C)NCC(C)N(C)C1CC1. The van der Waals surface area contributed by atoms with Crippen LogP contribution < -0.4 is 10.6 Å². The van der Waals surface area contributed by atoms with E-state index in [1.165, 1.54) is 12.8 Å². The van der Waals surface area contributed by atoms with Crippen molar-refractivity contribution in [1.29, 1.82) is 0 Å². The summed E-state index contributed by atoms with van der Waals surface area (Å²) in [6.07, 6.45) is 2.62. The van der Waals surface area contributed by atoms with E-state index in [0.717, 1.165) is 19.1 Å². The van der Waals surface area contributed by atoms with Crippen LogP contribution in [0.5, 0.6) is 0 Å². The molecule has 0 aromatic rings. The van der Waals surface area contributed by atoms with Gasteiger partial charge in [-0.2, -0.15) is 0 Å². The standard InChI is InChI=1S/C14H29N5O/c1-6-15-14(17-10-13(20)18(3)4)16-9-11(2)19(5)12-7-8-12/h11-12H,6-10H2,1-5H3,(H2,15,16,17). The van der Waals surface area contributed by atoms with Crippen LogP contribution in [0.1, 0.15) is 26.7 Å². The molecule has 0 saturated heterocycles. The van der Waals surface area contributed by atoms with Gasteiger partial charge >= 0.3 is 0 Å². The summed E-state index contributed by atoms with van der Waals surface area (Å²) in [6, 6.07) is 1.21. The third kappa shape index (κ3) is 5.77. The quantitative estimate of drug-likeness (QED) is 0.514. The van der Waals surface area contributed by atoms with Gasteiger partial charge in [0.15, 0.2) is 5.96 Å². The Labute approximate surface area is 122 Å². The van der Waals surface area contributed by atoms with Crippen molar-refractivity contribution in [2.45, 2.75) is 38.8 Å². The zero-order valence-electron chi connectivity index (χ0n) is 13.4. The third-order valence-electron chi connectivity index (χ3n) is 3.60. The lowest BCUT2D eigenvalue weighted by Crippen LogP contribution is -2.45. The van der Waals surface area contributed by atoms with Crippen molar-refractivity contribution in [2.24, 2.45) is 4.99 Å². The number of carbonyl (C=O) groups excluding carboxylic acids is 1. The van der Waals surface area contributed by atoms with Gasteiger partial charge in [0, 0.05) is 39.3 Å². The molecule has 0 bridgehead atoms.